The van der Waals surface area contributed by atoms with Crippen LogP contribution in [0.5, 0.6) is 0 Å². The van der Waals surface area contributed by atoms with E-state index < -0.39 is 0 Å². The Morgan fingerprint density at radius 3 is 2.77 bits per heavy atom. The molecule has 0 saturated heterocycles. The van der Waals surface area contributed by atoms with Gasteiger partial charge in [0, 0.05) is 23.9 Å². The van der Waals surface area contributed by atoms with Gasteiger partial charge in [-0.15, -0.1) is 11.3 Å². The summed E-state index contributed by atoms with van der Waals surface area (Å²) in [5.41, 5.74) is 0.691. The molecular formula is C16H20N2O3S. The molecule has 0 aliphatic carbocycles. The fraction of sp³-hybridized carbons (Fsp3) is 0.438. The number of unbranched alkanes of at least 4 members (excludes halogenated alkanes) is 1. The van der Waals surface area contributed by atoms with Gasteiger partial charge in [-0.2, -0.15) is 5.10 Å². The van der Waals surface area contributed by atoms with E-state index in [2.05, 4.69) is 5.10 Å². The number of rotatable bonds is 7. The molecule has 0 bridgehead atoms. The lowest BCUT2D eigenvalue weighted by Crippen LogP contribution is -2.22. The maximum absolute atomic E-state index is 11.9. The van der Waals surface area contributed by atoms with Gasteiger partial charge in [-0.3, -0.25) is 9.59 Å². The van der Waals surface area contributed by atoms with E-state index in [-0.39, 0.29) is 11.5 Å². The van der Waals surface area contributed by atoms with E-state index in [1.54, 1.807) is 30.4 Å². The smallest absolute Gasteiger partial charge is 0.305 e. The fourth-order valence-electron chi connectivity index (χ4n) is 2.08. The minimum Gasteiger partial charge on any atom is -0.466 e. The lowest BCUT2D eigenvalue weighted by atomic mass is 10.2. The van der Waals surface area contributed by atoms with Crippen molar-refractivity contribution in [3.8, 4) is 10.6 Å². The lowest BCUT2D eigenvalue weighted by Gasteiger charge is -2.06. The van der Waals surface area contributed by atoms with Gasteiger partial charge in [-0.25, -0.2) is 4.68 Å². The topological polar surface area (TPSA) is 61.2 Å². The molecule has 0 aromatic carbocycles. The van der Waals surface area contributed by atoms with Gasteiger partial charge in [0.2, 0.25) is 0 Å². The molecule has 0 radical (unpaired) electrons. The van der Waals surface area contributed by atoms with Crippen molar-refractivity contribution in [2.24, 2.45) is 0 Å². The maximum Gasteiger partial charge on any atom is 0.305 e. The Bertz CT molecular complexity index is 691. The fourth-order valence-corrected chi connectivity index (χ4v) is 2.91. The summed E-state index contributed by atoms with van der Waals surface area (Å²) in [5, 5.41) is 4.41. The number of carbonyl (C=O) groups excluding carboxylic acids is 1. The number of ether oxygens (including phenoxy) is 1. The van der Waals surface area contributed by atoms with Crippen LogP contribution in [-0.2, 0) is 16.1 Å². The number of nitrogens with zero attached hydrogens (tertiary/aromatic N) is 2. The molecule has 0 aliphatic rings. The summed E-state index contributed by atoms with van der Waals surface area (Å²) < 4.78 is 6.34. The van der Waals surface area contributed by atoms with Gasteiger partial charge in [0.05, 0.1) is 11.5 Å². The van der Waals surface area contributed by atoms with E-state index in [0.717, 1.165) is 17.0 Å². The van der Waals surface area contributed by atoms with Crippen LogP contribution in [0.3, 0.4) is 0 Å². The molecular weight excluding hydrogens is 300 g/mol. The quantitative estimate of drug-likeness (QED) is 0.581. The normalized spacial score (nSPS) is 10.6. The molecule has 2 aromatic heterocycles. The molecule has 0 amide bonds. The van der Waals surface area contributed by atoms with Crippen molar-refractivity contribution < 1.29 is 9.53 Å². The minimum atomic E-state index is -0.189. The van der Waals surface area contributed by atoms with Crippen molar-refractivity contribution in [2.45, 2.75) is 39.7 Å². The SMILES string of the molecule is CCOC(=O)CCCCn1nc(-c2ccc(C)s2)ccc1=O. The largest absolute Gasteiger partial charge is 0.466 e. The highest BCUT2D eigenvalue weighted by Gasteiger charge is 2.06. The van der Waals surface area contributed by atoms with Crippen molar-refractivity contribution in [3.05, 3.63) is 39.5 Å². The van der Waals surface area contributed by atoms with Crippen LogP contribution in [0.2, 0.25) is 0 Å². The van der Waals surface area contributed by atoms with Crippen LogP contribution in [0.25, 0.3) is 10.6 Å². The van der Waals surface area contributed by atoms with Crippen LogP contribution in [0, 0.1) is 6.92 Å². The second-order valence-electron chi connectivity index (χ2n) is 4.95. The Kier molecular flexibility index (Phi) is 5.89. The van der Waals surface area contributed by atoms with E-state index in [1.807, 2.05) is 19.1 Å². The number of thiophene rings is 1. The van der Waals surface area contributed by atoms with Gasteiger partial charge >= 0.3 is 5.97 Å². The predicted octanol–water partition coefficient (Wildman–Crippen LogP) is 3.01. The molecule has 0 unspecified atom stereocenters. The van der Waals surface area contributed by atoms with Crippen molar-refractivity contribution >= 4 is 17.3 Å². The van der Waals surface area contributed by atoms with Gasteiger partial charge < -0.3 is 4.74 Å². The lowest BCUT2D eigenvalue weighted by molar-refractivity contribution is -0.143. The number of aromatic nitrogens is 2. The molecule has 0 saturated carbocycles. The van der Waals surface area contributed by atoms with Crippen molar-refractivity contribution in [3.63, 3.8) is 0 Å². The van der Waals surface area contributed by atoms with Gasteiger partial charge in [-0.1, -0.05) is 0 Å². The third kappa shape index (κ3) is 4.53. The van der Waals surface area contributed by atoms with E-state index in [1.165, 1.54) is 9.56 Å². The minimum absolute atomic E-state index is 0.117. The average Bonchev–Trinajstić information content (AvgIpc) is 2.92. The van der Waals surface area contributed by atoms with Crippen molar-refractivity contribution in [1.82, 2.24) is 9.78 Å². The summed E-state index contributed by atoms with van der Waals surface area (Å²) in [5.74, 6) is -0.189. The standard InChI is InChI=1S/C16H20N2O3S/c1-3-21-16(20)6-4-5-11-18-15(19)10-8-13(17-18)14-9-7-12(2)22-14/h7-10H,3-6,11H2,1-2H3. The Morgan fingerprint density at radius 2 is 2.09 bits per heavy atom. The highest BCUT2D eigenvalue weighted by atomic mass is 32.1. The molecule has 5 nitrogen and oxygen atoms in total. The van der Waals surface area contributed by atoms with Crippen LogP contribution >= 0.6 is 11.3 Å². The molecule has 22 heavy (non-hydrogen) atoms. The van der Waals surface area contributed by atoms with Crippen LogP contribution in [-0.4, -0.2) is 22.4 Å². The van der Waals surface area contributed by atoms with Crippen LogP contribution < -0.4 is 5.56 Å². The highest BCUT2D eigenvalue weighted by molar-refractivity contribution is 7.15. The van der Waals surface area contributed by atoms with E-state index in [0.29, 0.717) is 26.0 Å². The zero-order valence-corrected chi connectivity index (χ0v) is 13.7. The zero-order valence-electron chi connectivity index (χ0n) is 12.9. The first-order valence-corrected chi connectivity index (χ1v) is 8.22. The van der Waals surface area contributed by atoms with Gasteiger partial charge in [0.25, 0.3) is 5.56 Å². The molecule has 2 aromatic rings. The first kappa shape index (κ1) is 16.4. The maximum atomic E-state index is 11.9. The molecule has 0 spiro atoms. The first-order valence-electron chi connectivity index (χ1n) is 7.40. The molecule has 0 fully saturated rings. The second kappa shape index (κ2) is 7.89. The Morgan fingerprint density at radius 1 is 1.27 bits per heavy atom. The van der Waals surface area contributed by atoms with E-state index in [9.17, 15) is 9.59 Å². The Balaban J connectivity index is 1.96. The summed E-state index contributed by atoms with van der Waals surface area (Å²) in [4.78, 5) is 25.4. The number of carbonyl (C=O) groups is 1. The molecule has 118 valence electrons. The molecule has 2 heterocycles. The van der Waals surface area contributed by atoms with Crippen molar-refractivity contribution in [1.29, 1.82) is 0 Å². The summed E-state index contributed by atoms with van der Waals surface area (Å²) in [6.45, 7) is 4.75. The molecule has 2 rings (SSSR count). The average molecular weight is 320 g/mol. The van der Waals surface area contributed by atoms with Gasteiger partial charge in [-0.05, 0) is 44.9 Å². The van der Waals surface area contributed by atoms with E-state index in [4.69, 9.17) is 4.74 Å². The number of hydrogen-bond donors (Lipinski definition) is 0. The summed E-state index contributed by atoms with van der Waals surface area (Å²) in [6, 6.07) is 7.35. The van der Waals surface area contributed by atoms with E-state index >= 15 is 0 Å². The molecule has 6 heteroatoms. The summed E-state index contributed by atoms with van der Waals surface area (Å²) in [7, 11) is 0. The number of aryl methyl sites for hydroxylation is 2. The Labute approximate surface area is 133 Å². The number of esters is 1. The highest BCUT2D eigenvalue weighted by Crippen LogP contribution is 2.24. The number of hydrogen-bond acceptors (Lipinski definition) is 5. The van der Waals surface area contributed by atoms with Crippen LogP contribution in [0.4, 0.5) is 0 Å². The van der Waals surface area contributed by atoms with Crippen LogP contribution in [0.15, 0.2) is 29.1 Å². The second-order valence-corrected chi connectivity index (χ2v) is 6.24. The summed E-state index contributed by atoms with van der Waals surface area (Å²) >= 11 is 1.65. The predicted molar refractivity (Wildman–Crippen MR) is 87.0 cm³/mol. The Hall–Kier alpha value is -1.95. The van der Waals surface area contributed by atoms with Gasteiger partial charge in [0.1, 0.15) is 5.69 Å². The zero-order chi connectivity index (χ0) is 15.9. The van der Waals surface area contributed by atoms with Crippen molar-refractivity contribution in [2.75, 3.05) is 6.61 Å². The third-order valence-corrected chi connectivity index (χ3v) is 4.19. The van der Waals surface area contributed by atoms with Crippen LogP contribution in [0.1, 0.15) is 31.1 Å². The summed E-state index contributed by atoms with van der Waals surface area (Å²) in [6.07, 6.45) is 1.79. The third-order valence-electron chi connectivity index (χ3n) is 3.17. The first-order chi connectivity index (χ1) is 10.6. The molecule has 0 atom stereocenters. The monoisotopic (exact) mass is 320 g/mol. The van der Waals surface area contributed by atoms with Gasteiger partial charge in [0.15, 0.2) is 0 Å². The molecule has 0 aliphatic heterocycles. The molecule has 0 N–H and O–H groups in total.